The van der Waals surface area contributed by atoms with E-state index in [0.29, 0.717) is 24.5 Å². The van der Waals surface area contributed by atoms with Crippen LogP contribution in [0.3, 0.4) is 0 Å². The molecule has 1 saturated heterocycles. The van der Waals surface area contributed by atoms with Gasteiger partial charge in [0.15, 0.2) is 5.69 Å². The van der Waals surface area contributed by atoms with Gasteiger partial charge in [-0.2, -0.15) is 0 Å². The number of aliphatic hydroxyl groups is 1. The van der Waals surface area contributed by atoms with Gasteiger partial charge < -0.3 is 14.8 Å². The standard InChI is InChI=1S/C22H29FN4O3/c1-2-3-7-18(28)14-26-9-11-27(12-10-26)15-21-25-20(16-30-21)22(29)24-13-17-6-4-5-8-19(17)23/h2,4-6,8,16,18,28H,1,3,7,9-15H2,(H,24,29)/t18-/m1/s1. The van der Waals surface area contributed by atoms with Gasteiger partial charge >= 0.3 is 0 Å². The first-order valence-electron chi connectivity index (χ1n) is 10.2. The minimum absolute atomic E-state index is 0.0916. The highest BCUT2D eigenvalue weighted by Crippen LogP contribution is 2.11. The molecule has 1 atom stereocenters. The molecule has 30 heavy (non-hydrogen) atoms. The highest BCUT2D eigenvalue weighted by atomic mass is 19.1. The summed E-state index contributed by atoms with van der Waals surface area (Å²) in [6, 6.07) is 6.31. The van der Waals surface area contributed by atoms with Crippen LogP contribution in [0, 0.1) is 5.82 Å². The molecule has 1 aromatic carbocycles. The summed E-state index contributed by atoms with van der Waals surface area (Å²) in [5, 5.41) is 12.7. The quantitative estimate of drug-likeness (QED) is 0.578. The summed E-state index contributed by atoms with van der Waals surface area (Å²) in [7, 11) is 0. The van der Waals surface area contributed by atoms with Crippen LogP contribution in [0.15, 0.2) is 47.6 Å². The molecule has 1 aliphatic rings. The first kappa shape index (κ1) is 22.1. The number of allylic oxidation sites excluding steroid dienone is 1. The number of β-amino-alcohol motifs (C(OH)–C–C–N with tert-alkyl or cyclic N) is 1. The number of nitrogens with one attached hydrogen (secondary N) is 1. The zero-order chi connectivity index (χ0) is 21.3. The Morgan fingerprint density at radius 1 is 1.30 bits per heavy atom. The smallest absolute Gasteiger partial charge is 0.273 e. The number of carbonyl (C=O) groups excluding carboxylic acids is 1. The number of aliphatic hydroxyl groups excluding tert-OH is 1. The van der Waals surface area contributed by atoms with Crippen LogP contribution in [0.25, 0.3) is 0 Å². The Morgan fingerprint density at radius 3 is 2.77 bits per heavy atom. The summed E-state index contributed by atoms with van der Waals surface area (Å²) in [4.78, 5) is 21.0. The van der Waals surface area contributed by atoms with Crippen molar-refractivity contribution in [2.45, 2.75) is 32.0 Å². The van der Waals surface area contributed by atoms with E-state index in [2.05, 4.69) is 26.7 Å². The monoisotopic (exact) mass is 416 g/mol. The van der Waals surface area contributed by atoms with Crippen molar-refractivity contribution in [3.63, 3.8) is 0 Å². The Balaban J connectivity index is 1.42. The summed E-state index contributed by atoms with van der Waals surface area (Å²) in [5.74, 6) is -0.275. The molecule has 1 aromatic heterocycles. The minimum Gasteiger partial charge on any atom is -0.447 e. The first-order valence-corrected chi connectivity index (χ1v) is 10.2. The van der Waals surface area contributed by atoms with Crippen LogP contribution < -0.4 is 5.32 Å². The Kier molecular flexibility index (Phi) is 8.12. The van der Waals surface area contributed by atoms with Gasteiger partial charge in [0.2, 0.25) is 5.89 Å². The van der Waals surface area contributed by atoms with Crippen LogP contribution in [0.1, 0.15) is 34.8 Å². The summed E-state index contributed by atoms with van der Waals surface area (Å²) < 4.78 is 19.1. The van der Waals surface area contributed by atoms with Gasteiger partial charge in [0.05, 0.1) is 12.6 Å². The molecule has 0 unspecified atom stereocenters. The molecule has 2 heterocycles. The van der Waals surface area contributed by atoms with Crippen LogP contribution >= 0.6 is 0 Å². The minimum atomic E-state index is -0.397. The van der Waals surface area contributed by atoms with E-state index in [-0.39, 0.29) is 24.2 Å². The molecule has 0 aliphatic carbocycles. The van der Waals surface area contributed by atoms with Gasteiger partial charge in [-0.3, -0.25) is 14.6 Å². The number of nitrogens with zero attached hydrogens (tertiary/aromatic N) is 3. The Morgan fingerprint density at radius 2 is 2.03 bits per heavy atom. The number of hydrogen-bond acceptors (Lipinski definition) is 6. The molecular weight excluding hydrogens is 387 g/mol. The lowest BCUT2D eigenvalue weighted by Crippen LogP contribution is -2.48. The van der Waals surface area contributed by atoms with E-state index < -0.39 is 5.91 Å². The fourth-order valence-electron chi connectivity index (χ4n) is 3.42. The fraction of sp³-hybridized carbons (Fsp3) is 0.455. The number of carbonyl (C=O) groups is 1. The number of hydrogen-bond donors (Lipinski definition) is 2. The van der Waals surface area contributed by atoms with Crippen molar-refractivity contribution in [3.8, 4) is 0 Å². The normalized spacial score (nSPS) is 16.3. The average molecular weight is 416 g/mol. The van der Waals surface area contributed by atoms with Crippen LogP contribution in [-0.2, 0) is 13.1 Å². The van der Waals surface area contributed by atoms with Crippen molar-refractivity contribution in [2.24, 2.45) is 0 Å². The van der Waals surface area contributed by atoms with E-state index in [0.717, 1.165) is 39.0 Å². The lowest BCUT2D eigenvalue weighted by Gasteiger charge is -2.34. The molecule has 1 aliphatic heterocycles. The van der Waals surface area contributed by atoms with Crippen LogP contribution in [0.2, 0.25) is 0 Å². The zero-order valence-electron chi connectivity index (χ0n) is 17.1. The maximum Gasteiger partial charge on any atom is 0.273 e. The second-order valence-corrected chi connectivity index (χ2v) is 7.50. The Labute approximate surface area is 176 Å². The number of amides is 1. The van der Waals surface area contributed by atoms with Crippen molar-refractivity contribution < 1.29 is 18.7 Å². The summed E-state index contributed by atoms with van der Waals surface area (Å²) in [6.45, 7) is 8.37. The second-order valence-electron chi connectivity index (χ2n) is 7.50. The fourth-order valence-corrected chi connectivity index (χ4v) is 3.42. The highest BCUT2D eigenvalue weighted by Gasteiger charge is 2.21. The number of oxazole rings is 1. The topological polar surface area (TPSA) is 81.8 Å². The van der Waals surface area contributed by atoms with Crippen LogP contribution in [0.4, 0.5) is 4.39 Å². The van der Waals surface area contributed by atoms with Gasteiger partial charge in [-0.05, 0) is 18.9 Å². The Hall–Kier alpha value is -2.55. The molecule has 1 amide bonds. The lowest BCUT2D eigenvalue weighted by molar-refractivity contribution is 0.0642. The number of rotatable bonds is 10. The van der Waals surface area contributed by atoms with E-state index in [9.17, 15) is 14.3 Å². The number of piperazine rings is 1. The summed E-state index contributed by atoms with van der Waals surface area (Å²) in [6.07, 6.45) is 4.39. The van der Waals surface area contributed by atoms with Crippen LogP contribution in [0.5, 0.6) is 0 Å². The molecule has 2 aromatic rings. The molecule has 3 rings (SSSR count). The van der Waals surface area contributed by atoms with Gasteiger partial charge in [0, 0.05) is 44.8 Å². The lowest BCUT2D eigenvalue weighted by atomic mass is 10.1. The molecule has 1 fully saturated rings. The van der Waals surface area contributed by atoms with E-state index in [1.807, 2.05) is 6.08 Å². The predicted octanol–water partition coefficient (Wildman–Crippen LogP) is 2.19. The van der Waals surface area contributed by atoms with Crippen molar-refractivity contribution >= 4 is 5.91 Å². The summed E-state index contributed by atoms with van der Waals surface area (Å²) >= 11 is 0. The SMILES string of the molecule is C=CCC[C@@H](O)CN1CCN(Cc2nc(C(=O)NCc3ccccc3F)co2)CC1. The van der Waals surface area contributed by atoms with E-state index >= 15 is 0 Å². The van der Waals surface area contributed by atoms with Gasteiger partial charge in [0.25, 0.3) is 5.91 Å². The number of aromatic nitrogens is 1. The van der Waals surface area contributed by atoms with Crippen molar-refractivity contribution in [3.05, 3.63) is 66.1 Å². The largest absolute Gasteiger partial charge is 0.447 e. The molecular formula is C22H29FN4O3. The maximum atomic E-state index is 13.6. The second kappa shape index (κ2) is 11.0. The van der Waals surface area contributed by atoms with E-state index in [1.54, 1.807) is 18.2 Å². The molecule has 0 bridgehead atoms. The molecule has 7 nitrogen and oxygen atoms in total. The first-order chi connectivity index (χ1) is 14.5. The Bertz CT molecular complexity index is 833. The third-order valence-electron chi connectivity index (χ3n) is 5.18. The third kappa shape index (κ3) is 6.48. The molecule has 0 saturated carbocycles. The third-order valence-corrected chi connectivity index (χ3v) is 5.18. The maximum absolute atomic E-state index is 13.6. The van der Waals surface area contributed by atoms with Gasteiger partial charge in [-0.15, -0.1) is 6.58 Å². The predicted molar refractivity (Wildman–Crippen MR) is 111 cm³/mol. The van der Waals surface area contributed by atoms with Crippen molar-refractivity contribution in [1.82, 2.24) is 20.1 Å². The van der Waals surface area contributed by atoms with Crippen molar-refractivity contribution in [2.75, 3.05) is 32.7 Å². The molecule has 2 N–H and O–H groups in total. The molecule has 0 radical (unpaired) electrons. The van der Waals surface area contributed by atoms with Crippen molar-refractivity contribution in [1.29, 1.82) is 0 Å². The number of benzene rings is 1. The molecule has 0 spiro atoms. The van der Waals surface area contributed by atoms with Gasteiger partial charge in [-0.25, -0.2) is 9.37 Å². The highest BCUT2D eigenvalue weighted by molar-refractivity contribution is 5.91. The summed E-state index contributed by atoms with van der Waals surface area (Å²) in [5.41, 5.74) is 0.604. The van der Waals surface area contributed by atoms with E-state index in [4.69, 9.17) is 4.42 Å². The number of halogens is 1. The van der Waals surface area contributed by atoms with Crippen LogP contribution in [-0.4, -0.2) is 64.6 Å². The molecule has 162 valence electrons. The van der Waals surface area contributed by atoms with Gasteiger partial charge in [0.1, 0.15) is 12.1 Å². The zero-order valence-corrected chi connectivity index (χ0v) is 17.1. The van der Waals surface area contributed by atoms with Gasteiger partial charge in [-0.1, -0.05) is 24.3 Å². The average Bonchev–Trinajstić information content (AvgIpc) is 3.21. The van der Waals surface area contributed by atoms with E-state index in [1.165, 1.54) is 12.3 Å². The molecule has 8 heteroatoms.